The molecule has 8 nitrogen and oxygen atoms in total. The van der Waals surface area contributed by atoms with Gasteiger partial charge in [-0.05, 0) is 43.3 Å². The molecule has 34 heavy (non-hydrogen) atoms. The maximum Gasteiger partial charge on any atom is 0.264 e. The zero-order chi connectivity index (χ0) is 24.6. The lowest BCUT2D eigenvalue weighted by molar-refractivity contribution is -0.119. The van der Waals surface area contributed by atoms with Crippen molar-refractivity contribution in [2.24, 2.45) is 0 Å². The average Bonchev–Trinajstić information content (AvgIpc) is 2.85. The van der Waals surface area contributed by atoms with E-state index in [4.69, 9.17) is 14.2 Å². The molecule has 0 aliphatic rings. The molecule has 0 saturated carbocycles. The number of nitrogens with one attached hydrogen (secondary N) is 1. The van der Waals surface area contributed by atoms with Crippen LogP contribution in [0, 0.1) is 6.92 Å². The number of methoxy groups -OCH3 is 2. The van der Waals surface area contributed by atoms with Gasteiger partial charge in [-0.2, -0.15) is 0 Å². The van der Waals surface area contributed by atoms with Crippen molar-refractivity contribution >= 4 is 21.6 Å². The molecular weight excluding hydrogens is 456 g/mol. The fraction of sp³-hybridized carbons (Fsp3) is 0.240. The topological polar surface area (TPSA) is 94.2 Å². The first kappa shape index (κ1) is 24.9. The minimum atomic E-state index is -4.04. The molecule has 0 atom stereocenters. The van der Waals surface area contributed by atoms with Crippen LogP contribution in [-0.2, 0) is 14.8 Å². The van der Waals surface area contributed by atoms with E-state index in [9.17, 15) is 13.2 Å². The highest BCUT2D eigenvalue weighted by Gasteiger charge is 2.29. The van der Waals surface area contributed by atoms with Gasteiger partial charge in [0.05, 0.1) is 31.3 Å². The molecule has 0 unspecified atom stereocenters. The monoisotopic (exact) mass is 484 g/mol. The van der Waals surface area contributed by atoms with Crippen molar-refractivity contribution in [2.75, 3.05) is 38.2 Å². The number of carbonyl (C=O) groups is 1. The highest BCUT2D eigenvalue weighted by atomic mass is 32.2. The van der Waals surface area contributed by atoms with Crippen molar-refractivity contribution in [1.82, 2.24) is 5.32 Å². The first-order valence-electron chi connectivity index (χ1n) is 10.6. The number of para-hydroxylation sites is 4. The average molecular weight is 485 g/mol. The van der Waals surface area contributed by atoms with E-state index in [1.54, 1.807) is 55.6 Å². The zero-order valence-electron chi connectivity index (χ0n) is 19.4. The Bertz CT molecular complexity index is 1210. The number of ether oxygens (including phenoxy) is 3. The van der Waals surface area contributed by atoms with Crippen molar-refractivity contribution in [3.8, 4) is 17.2 Å². The number of benzene rings is 3. The van der Waals surface area contributed by atoms with Crippen LogP contribution in [0.25, 0.3) is 0 Å². The molecular formula is C25H28N2O6S. The van der Waals surface area contributed by atoms with Crippen LogP contribution < -0.4 is 23.8 Å². The summed E-state index contributed by atoms with van der Waals surface area (Å²) in [6.07, 6.45) is 0. The van der Waals surface area contributed by atoms with Crippen molar-refractivity contribution in [2.45, 2.75) is 11.8 Å². The Morgan fingerprint density at radius 2 is 1.44 bits per heavy atom. The molecule has 180 valence electrons. The Morgan fingerprint density at radius 3 is 2.09 bits per heavy atom. The van der Waals surface area contributed by atoms with Gasteiger partial charge in [-0.1, -0.05) is 42.0 Å². The van der Waals surface area contributed by atoms with E-state index in [2.05, 4.69) is 5.32 Å². The molecule has 1 amide bonds. The van der Waals surface area contributed by atoms with Crippen LogP contribution in [-0.4, -0.2) is 48.2 Å². The number of nitrogens with zero attached hydrogens (tertiary/aromatic N) is 1. The Hall–Kier alpha value is -3.72. The molecule has 0 spiro atoms. The third-order valence-electron chi connectivity index (χ3n) is 5.00. The first-order valence-corrected chi connectivity index (χ1v) is 12.1. The van der Waals surface area contributed by atoms with E-state index < -0.39 is 22.5 Å². The summed E-state index contributed by atoms with van der Waals surface area (Å²) in [7, 11) is -1.04. The van der Waals surface area contributed by atoms with E-state index in [1.165, 1.54) is 19.2 Å². The number of sulfonamides is 1. The van der Waals surface area contributed by atoms with Gasteiger partial charge in [0.1, 0.15) is 18.9 Å². The van der Waals surface area contributed by atoms with Crippen LogP contribution in [0.4, 0.5) is 5.69 Å². The van der Waals surface area contributed by atoms with Gasteiger partial charge in [0.2, 0.25) is 5.91 Å². The summed E-state index contributed by atoms with van der Waals surface area (Å²) in [5.74, 6) is 0.993. The number of hydrogen-bond acceptors (Lipinski definition) is 6. The largest absolute Gasteiger partial charge is 0.495 e. The number of rotatable bonds is 11. The standard InChI is InChI=1S/C25H28N2O6S/c1-19-12-14-20(15-13-19)34(29,30)27(21-8-4-5-9-22(21)31-2)18-25(28)26-16-17-33-24-11-7-6-10-23(24)32-3/h4-15H,16-18H2,1-3H3,(H,26,28). The molecule has 1 N–H and O–H groups in total. The zero-order valence-corrected chi connectivity index (χ0v) is 20.2. The molecule has 3 rings (SSSR count). The number of aryl methyl sites for hydroxylation is 1. The quantitative estimate of drug-likeness (QED) is 0.419. The third kappa shape index (κ3) is 5.99. The fourth-order valence-corrected chi connectivity index (χ4v) is 4.68. The summed E-state index contributed by atoms with van der Waals surface area (Å²) in [6.45, 7) is 1.81. The second-order valence-electron chi connectivity index (χ2n) is 7.35. The van der Waals surface area contributed by atoms with Crippen LogP contribution in [0.5, 0.6) is 17.2 Å². The lowest BCUT2D eigenvalue weighted by atomic mass is 10.2. The van der Waals surface area contributed by atoms with Gasteiger partial charge in [0.25, 0.3) is 10.0 Å². The van der Waals surface area contributed by atoms with E-state index in [0.717, 1.165) is 9.87 Å². The van der Waals surface area contributed by atoms with Gasteiger partial charge in [-0.15, -0.1) is 0 Å². The van der Waals surface area contributed by atoms with Gasteiger partial charge < -0.3 is 19.5 Å². The summed E-state index contributed by atoms with van der Waals surface area (Å²) >= 11 is 0. The molecule has 9 heteroatoms. The summed E-state index contributed by atoms with van der Waals surface area (Å²) in [5.41, 5.74) is 1.20. The minimum absolute atomic E-state index is 0.0799. The van der Waals surface area contributed by atoms with Crippen LogP contribution in [0.15, 0.2) is 77.7 Å². The summed E-state index contributed by atoms with van der Waals surface area (Å²) in [5, 5.41) is 2.71. The molecule has 3 aromatic rings. The Kier molecular flexibility index (Phi) is 8.37. The van der Waals surface area contributed by atoms with Crippen LogP contribution in [0.2, 0.25) is 0 Å². The highest BCUT2D eigenvalue weighted by Crippen LogP contribution is 2.32. The van der Waals surface area contributed by atoms with Gasteiger partial charge in [0.15, 0.2) is 11.5 Å². The number of anilines is 1. The van der Waals surface area contributed by atoms with Gasteiger partial charge in [-0.3, -0.25) is 9.10 Å². The van der Waals surface area contributed by atoms with E-state index in [1.807, 2.05) is 19.1 Å². The lowest BCUT2D eigenvalue weighted by Gasteiger charge is -2.25. The third-order valence-corrected chi connectivity index (χ3v) is 6.77. The summed E-state index contributed by atoms with van der Waals surface area (Å²) in [6, 6.07) is 20.3. The smallest absolute Gasteiger partial charge is 0.264 e. The molecule has 0 aliphatic carbocycles. The molecule has 3 aromatic carbocycles. The molecule has 0 fully saturated rings. The van der Waals surface area contributed by atoms with E-state index in [-0.39, 0.29) is 23.7 Å². The van der Waals surface area contributed by atoms with Crippen LogP contribution in [0.3, 0.4) is 0 Å². The Balaban J connectivity index is 1.75. The van der Waals surface area contributed by atoms with Crippen molar-refractivity contribution < 1.29 is 27.4 Å². The second-order valence-corrected chi connectivity index (χ2v) is 9.21. The predicted octanol–water partition coefficient (Wildman–Crippen LogP) is 3.40. The normalized spacial score (nSPS) is 10.9. The molecule has 0 aliphatic heterocycles. The highest BCUT2D eigenvalue weighted by molar-refractivity contribution is 7.92. The number of carbonyl (C=O) groups excluding carboxylic acids is 1. The van der Waals surface area contributed by atoms with Crippen LogP contribution in [0.1, 0.15) is 5.56 Å². The van der Waals surface area contributed by atoms with Crippen molar-refractivity contribution in [3.63, 3.8) is 0 Å². The second kappa shape index (κ2) is 11.4. The molecule has 0 aromatic heterocycles. The van der Waals surface area contributed by atoms with Crippen LogP contribution >= 0.6 is 0 Å². The molecule has 0 heterocycles. The minimum Gasteiger partial charge on any atom is -0.495 e. The summed E-state index contributed by atoms with van der Waals surface area (Å²) in [4.78, 5) is 12.8. The van der Waals surface area contributed by atoms with E-state index in [0.29, 0.717) is 17.2 Å². The Morgan fingerprint density at radius 1 is 0.853 bits per heavy atom. The number of amides is 1. The van der Waals surface area contributed by atoms with Gasteiger partial charge >= 0.3 is 0 Å². The van der Waals surface area contributed by atoms with Crippen molar-refractivity contribution in [3.05, 3.63) is 78.4 Å². The summed E-state index contributed by atoms with van der Waals surface area (Å²) < 4.78 is 44.3. The SMILES string of the molecule is COc1ccccc1OCCNC(=O)CN(c1ccccc1OC)S(=O)(=O)c1ccc(C)cc1. The van der Waals surface area contributed by atoms with Gasteiger partial charge in [0, 0.05) is 0 Å². The molecule has 0 radical (unpaired) electrons. The maximum absolute atomic E-state index is 13.5. The molecule has 0 bridgehead atoms. The van der Waals surface area contributed by atoms with Gasteiger partial charge in [-0.25, -0.2) is 8.42 Å². The van der Waals surface area contributed by atoms with Crippen molar-refractivity contribution in [1.29, 1.82) is 0 Å². The van der Waals surface area contributed by atoms with E-state index >= 15 is 0 Å². The maximum atomic E-state index is 13.5. The lowest BCUT2D eigenvalue weighted by Crippen LogP contribution is -2.42. The number of hydrogen-bond donors (Lipinski definition) is 1. The predicted molar refractivity (Wildman–Crippen MR) is 130 cm³/mol. The first-order chi connectivity index (χ1) is 16.4. The molecule has 0 saturated heterocycles. The Labute approximate surface area is 200 Å². The fourth-order valence-electron chi connectivity index (χ4n) is 3.25.